The summed E-state index contributed by atoms with van der Waals surface area (Å²) in [5, 5.41) is 3.70. The van der Waals surface area contributed by atoms with Crippen LogP contribution in [0.15, 0.2) is 46.9 Å². The Labute approximate surface area is 149 Å². The maximum atomic E-state index is 3.71. The van der Waals surface area contributed by atoms with Crippen molar-refractivity contribution < 1.29 is 0 Å². The lowest BCUT2D eigenvalue weighted by atomic mass is 9.96. The Kier molecular flexibility index (Phi) is 6.71. The highest BCUT2D eigenvalue weighted by Gasteiger charge is 2.16. The van der Waals surface area contributed by atoms with Crippen molar-refractivity contribution in [2.45, 2.75) is 32.7 Å². The van der Waals surface area contributed by atoms with E-state index in [4.69, 9.17) is 0 Å². The van der Waals surface area contributed by atoms with Gasteiger partial charge in [0.2, 0.25) is 0 Å². The van der Waals surface area contributed by atoms with Crippen molar-refractivity contribution in [3.8, 4) is 0 Å². The predicted octanol–water partition coefficient (Wildman–Crippen LogP) is 5.65. The normalized spacial score (nSPS) is 12.4. The molecular weight excluding hydrogens is 437 g/mol. The molecular formula is C18H21BrIN. The molecule has 2 aromatic rings. The van der Waals surface area contributed by atoms with Crippen molar-refractivity contribution >= 4 is 38.5 Å². The van der Waals surface area contributed by atoms with E-state index in [0.717, 1.165) is 19.4 Å². The number of halogens is 2. The van der Waals surface area contributed by atoms with Gasteiger partial charge >= 0.3 is 0 Å². The molecule has 1 nitrogen and oxygen atoms in total. The molecule has 0 radical (unpaired) electrons. The van der Waals surface area contributed by atoms with Crippen LogP contribution >= 0.6 is 38.5 Å². The lowest BCUT2D eigenvalue weighted by Crippen LogP contribution is -2.24. The molecule has 2 aromatic carbocycles. The van der Waals surface area contributed by atoms with Gasteiger partial charge in [-0.25, -0.2) is 0 Å². The van der Waals surface area contributed by atoms with E-state index in [1.165, 1.54) is 24.7 Å². The predicted molar refractivity (Wildman–Crippen MR) is 103 cm³/mol. The Morgan fingerprint density at radius 2 is 1.95 bits per heavy atom. The maximum absolute atomic E-state index is 3.71. The average molecular weight is 458 g/mol. The molecule has 0 aliphatic carbocycles. The quantitative estimate of drug-likeness (QED) is 0.553. The van der Waals surface area contributed by atoms with Crippen LogP contribution in [-0.2, 0) is 6.42 Å². The highest BCUT2D eigenvalue weighted by molar-refractivity contribution is 14.1. The molecule has 0 aliphatic heterocycles. The van der Waals surface area contributed by atoms with Crippen molar-refractivity contribution in [3.05, 3.63) is 67.2 Å². The summed E-state index contributed by atoms with van der Waals surface area (Å²) in [5.41, 5.74) is 4.12. The summed E-state index contributed by atoms with van der Waals surface area (Å²) in [6.07, 6.45) is 2.16. The van der Waals surface area contributed by atoms with Crippen LogP contribution < -0.4 is 5.32 Å². The largest absolute Gasteiger partial charge is 0.310 e. The molecule has 0 aliphatic rings. The van der Waals surface area contributed by atoms with E-state index in [2.05, 4.69) is 100 Å². The van der Waals surface area contributed by atoms with E-state index in [1.807, 2.05) is 0 Å². The zero-order valence-electron chi connectivity index (χ0n) is 12.5. The third-order valence-corrected chi connectivity index (χ3v) is 5.05. The van der Waals surface area contributed by atoms with Crippen LogP contribution in [0.2, 0.25) is 0 Å². The van der Waals surface area contributed by atoms with E-state index < -0.39 is 0 Å². The summed E-state index contributed by atoms with van der Waals surface area (Å²) in [6, 6.07) is 15.6. The molecule has 0 fully saturated rings. The smallest absolute Gasteiger partial charge is 0.0372 e. The Bertz CT molecular complexity index is 598. The number of aryl methyl sites for hydroxylation is 1. The summed E-state index contributed by atoms with van der Waals surface area (Å²) in [6.45, 7) is 5.44. The van der Waals surface area contributed by atoms with Gasteiger partial charge < -0.3 is 5.32 Å². The molecule has 0 spiro atoms. The summed E-state index contributed by atoms with van der Waals surface area (Å²) >= 11 is 6.09. The van der Waals surface area contributed by atoms with E-state index in [1.54, 1.807) is 0 Å². The number of rotatable bonds is 6. The first-order valence-electron chi connectivity index (χ1n) is 7.34. The Morgan fingerprint density at radius 1 is 1.19 bits per heavy atom. The molecule has 0 amide bonds. The first-order valence-corrected chi connectivity index (χ1v) is 9.21. The minimum absolute atomic E-state index is 0.343. The first kappa shape index (κ1) is 17.0. The van der Waals surface area contributed by atoms with Crippen LogP contribution in [0.1, 0.15) is 36.1 Å². The van der Waals surface area contributed by atoms with Gasteiger partial charge in [0.05, 0.1) is 0 Å². The topological polar surface area (TPSA) is 12.0 Å². The molecule has 1 unspecified atom stereocenters. The molecule has 3 heteroatoms. The van der Waals surface area contributed by atoms with E-state index >= 15 is 0 Å². The molecule has 1 N–H and O–H groups in total. The molecule has 1 atom stereocenters. The van der Waals surface area contributed by atoms with Crippen LogP contribution in [0.3, 0.4) is 0 Å². The van der Waals surface area contributed by atoms with Crippen molar-refractivity contribution in [1.29, 1.82) is 0 Å². The zero-order valence-corrected chi connectivity index (χ0v) is 16.2. The monoisotopic (exact) mass is 457 g/mol. The second-order valence-corrected chi connectivity index (χ2v) is 7.40. The van der Waals surface area contributed by atoms with Gasteiger partial charge in [-0.05, 0) is 83.8 Å². The molecule has 0 saturated heterocycles. The van der Waals surface area contributed by atoms with Gasteiger partial charge in [0.1, 0.15) is 0 Å². The molecule has 112 valence electrons. The Hall–Kier alpha value is -0.390. The van der Waals surface area contributed by atoms with Gasteiger partial charge in [0.15, 0.2) is 0 Å². The van der Waals surface area contributed by atoms with Gasteiger partial charge in [0, 0.05) is 14.1 Å². The average Bonchev–Trinajstić information content (AvgIpc) is 2.48. The van der Waals surface area contributed by atoms with Crippen molar-refractivity contribution in [1.82, 2.24) is 5.32 Å². The third kappa shape index (κ3) is 4.80. The zero-order chi connectivity index (χ0) is 15.2. The minimum Gasteiger partial charge on any atom is -0.310 e. The minimum atomic E-state index is 0.343. The van der Waals surface area contributed by atoms with Gasteiger partial charge in [-0.3, -0.25) is 0 Å². The number of hydrogen-bond donors (Lipinski definition) is 1. The third-order valence-electron chi connectivity index (χ3n) is 3.66. The maximum Gasteiger partial charge on any atom is 0.0372 e. The van der Waals surface area contributed by atoms with Crippen molar-refractivity contribution in [3.63, 3.8) is 0 Å². The first-order chi connectivity index (χ1) is 10.1. The van der Waals surface area contributed by atoms with Gasteiger partial charge in [0.25, 0.3) is 0 Å². The van der Waals surface area contributed by atoms with Crippen LogP contribution in [-0.4, -0.2) is 6.54 Å². The SMILES string of the molecule is CCCNC(Cc1ccccc1C)c1cc(I)ccc1Br. The van der Waals surface area contributed by atoms with Crippen molar-refractivity contribution in [2.75, 3.05) is 6.54 Å². The van der Waals surface area contributed by atoms with Gasteiger partial charge in [-0.15, -0.1) is 0 Å². The van der Waals surface area contributed by atoms with E-state index in [-0.39, 0.29) is 0 Å². The standard InChI is InChI=1S/C18H21BrIN/c1-3-10-21-18(11-14-7-5-4-6-13(14)2)16-12-15(20)8-9-17(16)19/h4-9,12,18,21H,3,10-11H2,1-2H3. The van der Waals surface area contributed by atoms with E-state index in [9.17, 15) is 0 Å². The van der Waals surface area contributed by atoms with Crippen molar-refractivity contribution in [2.24, 2.45) is 0 Å². The second-order valence-electron chi connectivity index (χ2n) is 5.30. The molecule has 2 rings (SSSR count). The lowest BCUT2D eigenvalue weighted by Gasteiger charge is -2.22. The molecule has 21 heavy (non-hydrogen) atoms. The fourth-order valence-electron chi connectivity index (χ4n) is 2.45. The highest BCUT2D eigenvalue weighted by atomic mass is 127. The molecule has 0 aromatic heterocycles. The van der Waals surface area contributed by atoms with Crippen LogP contribution in [0.5, 0.6) is 0 Å². The molecule has 0 heterocycles. The summed E-state index contributed by atoms with van der Waals surface area (Å²) < 4.78 is 2.46. The second kappa shape index (κ2) is 8.30. The number of nitrogens with one attached hydrogen (secondary N) is 1. The Balaban J connectivity index is 2.30. The summed E-state index contributed by atoms with van der Waals surface area (Å²) in [4.78, 5) is 0. The van der Waals surface area contributed by atoms with Gasteiger partial charge in [-0.1, -0.05) is 47.1 Å². The summed E-state index contributed by atoms with van der Waals surface area (Å²) in [7, 11) is 0. The number of benzene rings is 2. The Morgan fingerprint density at radius 3 is 2.67 bits per heavy atom. The fourth-order valence-corrected chi connectivity index (χ4v) is 3.49. The molecule has 0 bridgehead atoms. The van der Waals surface area contributed by atoms with Gasteiger partial charge in [-0.2, -0.15) is 0 Å². The number of hydrogen-bond acceptors (Lipinski definition) is 1. The van der Waals surface area contributed by atoms with E-state index in [0.29, 0.717) is 6.04 Å². The van der Waals surface area contributed by atoms with Crippen LogP contribution in [0.4, 0.5) is 0 Å². The van der Waals surface area contributed by atoms with Crippen LogP contribution in [0.25, 0.3) is 0 Å². The molecule has 0 saturated carbocycles. The fraction of sp³-hybridized carbons (Fsp3) is 0.333. The van der Waals surface area contributed by atoms with Crippen LogP contribution in [0, 0.1) is 10.5 Å². The lowest BCUT2D eigenvalue weighted by molar-refractivity contribution is 0.526. The highest BCUT2D eigenvalue weighted by Crippen LogP contribution is 2.28. The summed E-state index contributed by atoms with van der Waals surface area (Å²) in [5.74, 6) is 0.